The molecule has 0 radical (unpaired) electrons. The maximum absolute atomic E-state index is 4.41. The Morgan fingerprint density at radius 3 is 2.71 bits per heavy atom. The first-order valence-electron chi connectivity index (χ1n) is 6.40. The summed E-state index contributed by atoms with van der Waals surface area (Å²) < 4.78 is 3.49. The summed E-state index contributed by atoms with van der Waals surface area (Å²) in [6.45, 7) is 0. The third kappa shape index (κ3) is 1.95. The Labute approximate surface area is 119 Å². The van der Waals surface area contributed by atoms with Crippen LogP contribution in [0.2, 0.25) is 0 Å². The number of hydrogen-bond donors (Lipinski definition) is 0. The molecule has 0 amide bonds. The first-order chi connectivity index (χ1) is 10.3. The largest absolute Gasteiger partial charge is 0.266 e. The molecule has 4 aromatic rings. The summed E-state index contributed by atoms with van der Waals surface area (Å²) in [6, 6.07) is 2.05. The van der Waals surface area contributed by atoms with Crippen molar-refractivity contribution in [1.29, 1.82) is 0 Å². The average molecular weight is 277 g/mol. The van der Waals surface area contributed by atoms with Gasteiger partial charge in [-0.05, 0) is 6.07 Å². The minimum Gasteiger partial charge on any atom is -0.266 e. The lowest BCUT2D eigenvalue weighted by Crippen LogP contribution is -1.97. The van der Waals surface area contributed by atoms with Crippen molar-refractivity contribution in [3.8, 4) is 16.9 Å². The van der Waals surface area contributed by atoms with Gasteiger partial charge in [-0.25, -0.2) is 9.67 Å². The molecule has 4 rings (SSSR count). The normalized spacial score (nSPS) is 11.1. The van der Waals surface area contributed by atoms with Gasteiger partial charge in [0.25, 0.3) is 0 Å². The summed E-state index contributed by atoms with van der Waals surface area (Å²) in [7, 11) is 1.90. The number of aromatic nitrogens is 7. The highest BCUT2D eigenvalue weighted by molar-refractivity contribution is 5.79. The molecular formula is C14H11N7. The van der Waals surface area contributed by atoms with Crippen LogP contribution in [0.3, 0.4) is 0 Å². The second kappa shape index (κ2) is 4.48. The van der Waals surface area contributed by atoms with E-state index in [2.05, 4.69) is 25.1 Å². The summed E-state index contributed by atoms with van der Waals surface area (Å²) in [5.41, 5.74) is 3.82. The van der Waals surface area contributed by atoms with Crippen LogP contribution < -0.4 is 0 Å². The van der Waals surface area contributed by atoms with Gasteiger partial charge < -0.3 is 0 Å². The third-order valence-electron chi connectivity index (χ3n) is 3.30. The number of fused-ring (bicyclic) bond motifs is 1. The SMILES string of the molecule is Cn1ncc2ncc(-c3cnn(-c4cnccn4)c3)cc21. The van der Waals surface area contributed by atoms with Crippen molar-refractivity contribution in [2.24, 2.45) is 7.05 Å². The van der Waals surface area contributed by atoms with E-state index in [-0.39, 0.29) is 0 Å². The molecule has 0 saturated carbocycles. The fraction of sp³-hybridized carbons (Fsp3) is 0.0714. The van der Waals surface area contributed by atoms with E-state index in [1.54, 1.807) is 40.3 Å². The van der Waals surface area contributed by atoms with E-state index in [9.17, 15) is 0 Å². The lowest BCUT2D eigenvalue weighted by Gasteiger charge is -1.99. The highest BCUT2D eigenvalue weighted by Gasteiger charge is 2.07. The first kappa shape index (κ1) is 11.7. The maximum atomic E-state index is 4.41. The van der Waals surface area contributed by atoms with E-state index in [0.717, 1.165) is 22.2 Å². The van der Waals surface area contributed by atoms with E-state index in [1.807, 2.05) is 25.5 Å². The van der Waals surface area contributed by atoms with Crippen LogP contribution in [0.15, 0.2) is 49.4 Å². The second-order valence-corrected chi connectivity index (χ2v) is 4.63. The van der Waals surface area contributed by atoms with E-state index in [0.29, 0.717) is 5.82 Å². The number of hydrogen-bond acceptors (Lipinski definition) is 5. The lowest BCUT2D eigenvalue weighted by atomic mass is 10.1. The van der Waals surface area contributed by atoms with Crippen molar-refractivity contribution in [2.75, 3.05) is 0 Å². The van der Waals surface area contributed by atoms with Crippen LogP contribution in [-0.2, 0) is 7.05 Å². The minimum absolute atomic E-state index is 0.679. The number of nitrogens with zero attached hydrogens (tertiary/aromatic N) is 7. The van der Waals surface area contributed by atoms with Crippen molar-refractivity contribution >= 4 is 11.0 Å². The van der Waals surface area contributed by atoms with Gasteiger partial charge in [-0.1, -0.05) is 0 Å². The quantitative estimate of drug-likeness (QED) is 0.556. The smallest absolute Gasteiger partial charge is 0.171 e. The number of pyridine rings is 1. The zero-order chi connectivity index (χ0) is 14.2. The van der Waals surface area contributed by atoms with Crippen molar-refractivity contribution in [3.05, 3.63) is 49.4 Å². The highest BCUT2D eigenvalue weighted by Crippen LogP contribution is 2.22. The molecule has 102 valence electrons. The van der Waals surface area contributed by atoms with Crippen molar-refractivity contribution in [1.82, 2.24) is 34.5 Å². The first-order valence-corrected chi connectivity index (χ1v) is 6.40. The third-order valence-corrected chi connectivity index (χ3v) is 3.30. The molecule has 0 spiro atoms. The standard InChI is InChI=1S/C14H11N7/c1-20-13-4-10(5-17-12(13)7-18-20)11-6-19-21(9-11)14-8-15-2-3-16-14/h2-9H,1H3. The average Bonchev–Trinajstić information content (AvgIpc) is 3.16. The Bertz CT molecular complexity index is 907. The summed E-state index contributed by atoms with van der Waals surface area (Å²) in [6.07, 6.45) is 12.2. The number of aryl methyl sites for hydroxylation is 1. The van der Waals surface area contributed by atoms with Crippen molar-refractivity contribution in [3.63, 3.8) is 0 Å². The Kier molecular flexibility index (Phi) is 2.50. The molecule has 4 heterocycles. The van der Waals surface area contributed by atoms with E-state index < -0.39 is 0 Å². The zero-order valence-corrected chi connectivity index (χ0v) is 11.2. The van der Waals surface area contributed by atoms with Gasteiger partial charge in [-0.2, -0.15) is 10.2 Å². The van der Waals surface area contributed by atoms with Crippen LogP contribution in [0.4, 0.5) is 0 Å². The molecule has 0 saturated heterocycles. The van der Waals surface area contributed by atoms with Gasteiger partial charge in [0, 0.05) is 43.0 Å². The Hall–Kier alpha value is -3.09. The summed E-state index contributed by atoms with van der Waals surface area (Å²) in [4.78, 5) is 12.7. The molecule has 0 atom stereocenters. The molecule has 0 aliphatic heterocycles. The number of rotatable bonds is 2. The molecule has 7 heteroatoms. The van der Waals surface area contributed by atoms with Crippen LogP contribution in [-0.4, -0.2) is 34.5 Å². The van der Waals surface area contributed by atoms with Crippen LogP contribution in [0, 0.1) is 0 Å². The lowest BCUT2D eigenvalue weighted by molar-refractivity contribution is 0.797. The molecule has 0 aliphatic rings. The Morgan fingerprint density at radius 1 is 0.905 bits per heavy atom. The molecule has 0 fully saturated rings. The van der Waals surface area contributed by atoms with Crippen molar-refractivity contribution in [2.45, 2.75) is 0 Å². The summed E-state index contributed by atoms with van der Waals surface area (Å²) in [5.74, 6) is 0.679. The van der Waals surface area contributed by atoms with Crippen LogP contribution in [0.5, 0.6) is 0 Å². The maximum Gasteiger partial charge on any atom is 0.171 e. The van der Waals surface area contributed by atoms with Gasteiger partial charge in [-0.15, -0.1) is 0 Å². The molecule has 7 nitrogen and oxygen atoms in total. The van der Waals surface area contributed by atoms with E-state index >= 15 is 0 Å². The fourth-order valence-electron chi connectivity index (χ4n) is 2.19. The second-order valence-electron chi connectivity index (χ2n) is 4.63. The van der Waals surface area contributed by atoms with Gasteiger partial charge >= 0.3 is 0 Å². The van der Waals surface area contributed by atoms with Gasteiger partial charge in [0.2, 0.25) is 0 Å². The molecule has 0 N–H and O–H groups in total. The van der Waals surface area contributed by atoms with Crippen LogP contribution in [0.1, 0.15) is 0 Å². The van der Waals surface area contributed by atoms with E-state index in [4.69, 9.17) is 0 Å². The molecule has 0 unspecified atom stereocenters. The van der Waals surface area contributed by atoms with Gasteiger partial charge in [0.05, 0.1) is 24.1 Å². The predicted molar refractivity (Wildman–Crippen MR) is 76.7 cm³/mol. The molecular weight excluding hydrogens is 266 g/mol. The highest BCUT2D eigenvalue weighted by atomic mass is 15.3. The van der Waals surface area contributed by atoms with Gasteiger partial charge in [0.1, 0.15) is 5.52 Å². The summed E-state index contributed by atoms with van der Waals surface area (Å²) in [5, 5.41) is 8.52. The molecule has 4 aromatic heterocycles. The molecule has 21 heavy (non-hydrogen) atoms. The van der Waals surface area contributed by atoms with Gasteiger partial charge in [0.15, 0.2) is 5.82 Å². The summed E-state index contributed by atoms with van der Waals surface area (Å²) >= 11 is 0. The van der Waals surface area contributed by atoms with Gasteiger partial charge in [-0.3, -0.25) is 14.6 Å². The Balaban J connectivity index is 1.79. The topological polar surface area (TPSA) is 74.3 Å². The fourth-order valence-corrected chi connectivity index (χ4v) is 2.19. The molecule has 0 aromatic carbocycles. The molecule has 0 aliphatic carbocycles. The predicted octanol–water partition coefficient (Wildman–Crippen LogP) is 1.61. The zero-order valence-electron chi connectivity index (χ0n) is 11.2. The minimum atomic E-state index is 0.679. The van der Waals surface area contributed by atoms with Crippen molar-refractivity contribution < 1.29 is 0 Å². The van der Waals surface area contributed by atoms with Crippen LogP contribution >= 0.6 is 0 Å². The molecule has 0 bridgehead atoms. The monoisotopic (exact) mass is 277 g/mol. The Morgan fingerprint density at radius 2 is 1.86 bits per heavy atom. The van der Waals surface area contributed by atoms with E-state index in [1.165, 1.54) is 0 Å². The van der Waals surface area contributed by atoms with Crippen LogP contribution in [0.25, 0.3) is 28.0 Å².